The number of ether oxygens (including phenoxy) is 1. The summed E-state index contributed by atoms with van der Waals surface area (Å²) in [7, 11) is 0. The van der Waals surface area contributed by atoms with Crippen LogP contribution in [-0.2, 0) is 16.1 Å². The maximum atomic E-state index is 10.2. The van der Waals surface area contributed by atoms with Gasteiger partial charge in [-0.3, -0.25) is 0 Å². The minimum absolute atomic E-state index is 0.263. The van der Waals surface area contributed by atoms with Crippen molar-refractivity contribution in [3.8, 4) is 0 Å². The Kier molecular flexibility index (Phi) is 2.69. The van der Waals surface area contributed by atoms with Crippen LogP contribution in [0.15, 0.2) is 54.6 Å². The van der Waals surface area contributed by atoms with Crippen molar-refractivity contribution >= 4 is 28.0 Å². The van der Waals surface area contributed by atoms with Crippen molar-refractivity contribution in [1.82, 2.24) is 0 Å². The maximum Gasteiger partial charge on any atom is 0.417 e. The molecular formula is C16H11O2. The highest BCUT2D eigenvalue weighted by atomic mass is 16.5. The average Bonchev–Trinajstić information content (AvgIpc) is 2.43. The second-order valence-corrected chi connectivity index (χ2v) is 4.21. The fourth-order valence-corrected chi connectivity index (χ4v) is 2.26. The number of hydrogen-bond acceptors (Lipinski definition) is 2. The van der Waals surface area contributed by atoms with Gasteiger partial charge < -0.3 is 4.74 Å². The number of rotatable bonds is 3. The van der Waals surface area contributed by atoms with Gasteiger partial charge in [-0.05, 0) is 39.2 Å². The molecule has 0 aliphatic heterocycles. The lowest BCUT2D eigenvalue weighted by atomic mass is 10.0. The first kappa shape index (κ1) is 10.8. The minimum Gasteiger partial charge on any atom is -0.452 e. The molecule has 0 atom stereocenters. The third-order valence-electron chi connectivity index (χ3n) is 3.12. The van der Waals surface area contributed by atoms with Gasteiger partial charge in [0.2, 0.25) is 0 Å². The van der Waals surface area contributed by atoms with E-state index in [4.69, 9.17) is 4.74 Å². The van der Waals surface area contributed by atoms with Crippen molar-refractivity contribution in [2.75, 3.05) is 0 Å². The second-order valence-electron chi connectivity index (χ2n) is 4.21. The van der Waals surface area contributed by atoms with E-state index in [-0.39, 0.29) is 6.61 Å². The summed E-state index contributed by atoms with van der Waals surface area (Å²) >= 11 is 0. The van der Waals surface area contributed by atoms with Crippen molar-refractivity contribution in [3.63, 3.8) is 0 Å². The molecule has 0 bridgehead atoms. The van der Waals surface area contributed by atoms with Gasteiger partial charge in [-0.25, -0.2) is 4.79 Å². The van der Waals surface area contributed by atoms with Gasteiger partial charge in [0, 0.05) is 0 Å². The van der Waals surface area contributed by atoms with E-state index in [0.717, 1.165) is 16.3 Å². The van der Waals surface area contributed by atoms with E-state index in [1.807, 2.05) is 24.3 Å². The van der Waals surface area contributed by atoms with Gasteiger partial charge >= 0.3 is 6.47 Å². The van der Waals surface area contributed by atoms with Crippen LogP contribution in [0.5, 0.6) is 0 Å². The van der Waals surface area contributed by atoms with Crippen molar-refractivity contribution in [1.29, 1.82) is 0 Å². The number of fused-ring (bicyclic) bond motifs is 2. The van der Waals surface area contributed by atoms with Gasteiger partial charge in [-0.1, -0.05) is 42.5 Å². The molecule has 0 saturated carbocycles. The molecule has 0 spiro atoms. The van der Waals surface area contributed by atoms with Crippen molar-refractivity contribution in [2.24, 2.45) is 0 Å². The fraction of sp³-hybridized carbons (Fsp3) is 0.0625. The monoisotopic (exact) mass is 235 g/mol. The molecule has 18 heavy (non-hydrogen) atoms. The summed E-state index contributed by atoms with van der Waals surface area (Å²) in [4.78, 5) is 10.2. The maximum absolute atomic E-state index is 10.2. The number of carbonyl (C=O) groups excluding carboxylic acids is 1. The molecule has 3 aromatic rings. The second kappa shape index (κ2) is 4.49. The van der Waals surface area contributed by atoms with Gasteiger partial charge in [-0.2, -0.15) is 0 Å². The third-order valence-corrected chi connectivity index (χ3v) is 3.12. The van der Waals surface area contributed by atoms with Crippen LogP contribution in [0.4, 0.5) is 0 Å². The summed E-state index contributed by atoms with van der Waals surface area (Å²) in [5, 5.41) is 4.67. The Morgan fingerprint density at radius 3 is 2.39 bits per heavy atom. The first-order valence-electron chi connectivity index (χ1n) is 5.78. The molecule has 0 aliphatic carbocycles. The van der Waals surface area contributed by atoms with Gasteiger partial charge in [0.15, 0.2) is 0 Å². The van der Waals surface area contributed by atoms with Crippen molar-refractivity contribution < 1.29 is 9.53 Å². The first-order valence-corrected chi connectivity index (χ1v) is 5.78. The molecule has 0 fully saturated rings. The van der Waals surface area contributed by atoms with E-state index in [0.29, 0.717) is 0 Å². The SMILES string of the molecule is O=[C]OCc1cccc2cc3ccccc3cc12. The molecule has 1 radical (unpaired) electrons. The van der Waals surface area contributed by atoms with Gasteiger partial charge in [-0.15, -0.1) is 0 Å². The highest BCUT2D eigenvalue weighted by Gasteiger charge is 2.03. The first-order chi connectivity index (χ1) is 8.88. The van der Waals surface area contributed by atoms with E-state index in [9.17, 15) is 4.79 Å². The molecule has 0 amide bonds. The fourth-order valence-electron chi connectivity index (χ4n) is 2.26. The predicted octanol–water partition coefficient (Wildman–Crippen LogP) is 3.58. The van der Waals surface area contributed by atoms with E-state index in [1.54, 1.807) is 0 Å². The molecule has 87 valence electrons. The highest BCUT2D eigenvalue weighted by molar-refractivity contribution is 5.99. The summed E-state index contributed by atoms with van der Waals surface area (Å²) in [6.07, 6.45) is 0. The molecule has 3 aromatic carbocycles. The molecule has 0 aliphatic rings. The Hall–Kier alpha value is -2.35. The lowest BCUT2D eigenvalue weighted by Crippen LogP contribution is -1.91. The molecular weight excluding hydrogens is 224 g/mol. The lowest BCUT2D eigenvalue weighted by molar-refractivity contribution is 0.268. The van der Waals surface area contributed by atoms with Gasteiger partial charge in [0.25, 0.3) is 0 Å². The van der Waals surface area contributed by atoms with E-state index < -0.39 is 0 Å². The quantitative estimate of drug-likeness (QED) is 0.648. The van der Waals surface area contributed by atoms with E-state index in [1.165, 1.54) is 17.2 Å². The minimum atomic E-state index is 0.263. The third kappa shape index (κ3) is 1.82. The van der Waals surface area contributed by atoms with Gasteiger partial charge in [0.05, 0.1) is 0 Å². The van der Waals surface area contributed by atoms with Crippen LogP contribution in [0.2, 0.25) is 0 Å². The lowest BCUT2D eigenvalue weighted by Gasteiger charge is -2.07. The van der Waals surface area contributed by atoms with Crippen molar-refractivity contribution in [3.05, 3.63) is 60.2 Å². The largest absolute Gasteiger partial charge is 0.452 e. The van der Waals surface area contributed by atoms with Crippen LogP contribution in [0.3, 0.4) is 0 Å². The Morgan fingerprint density at radius 1 is 0.889 bits per heavy atom. The zero-order valence-electron chi connectivity index (χ0n) is 9.72. The predicted molar refractivity (Wildman–Crippen MR) is 71.9 cm³/mol. The summed E-state index contributed by atoms with van der Waals surface area (Å²) < 4.78 is 4.73. The van der Waals surface area contributed by atoms with E-state index in [2.05, 4.69) is 30.3 Å². The Bertz CT molecular complexity index is 716. The summed E-state index contributed by atoms with van der Waals surface area (Å²) in [5.41, 5.74) is 1.00. The zero-order valence-corrected chi connectivity index (χ0v) is 9.72. The van der Waals surface area contributed by atoms with Crippen molar-refractivity contribution in [2.45, 2.75) is 6.61 Å². The summed E-state index contributed by atoms with van der Waals surface area (Å²) in [6.45, 7) is 1.73. The van der Waals surface area contributed by atoms with Crippen LogP contribution >= 0.6 is 0 Å². The molecule has 0 N–H and O–H groups in total. The standard InChI is InChI=1S/C16H11O2/c17-11-18-10-15-7-3-6-14-8-12-4-1-2-5-13(12)9-16(14)15/h1-9H,10H2. The van der Waals surface area contributed by atoms with Crippen LogP contribution in [0, 0.1) is 0 Å². The zero-order chi connectivity index (χ0) is 12.4. The molecule has 0 unspecified atom stereocenters. The van der Waals surface area contributed by atoms with Crippen LogP contribution < -0.4 is 0 Å². The molecule has 3 rings (SSSR count). The molecule has 0 saturated heterocycles. The topological polar surface area (TPSA) is 26.3 Å². The highest BCUT2D eigenvalue weighted by Crippen LogP contribution is 2.25. The smallest absolute Gasteiger partial charge is 0.417 e. The van der Waals surface area contributed by atoms with E-state index >= 15 is 0 Å². The molecule has 2 heteroatoms. The molecule has 2 nitrogen and oxygen atoms in total. The molecule has 0 aromatic heterocycles. The summed E-state index contributed by atoms with van der Waals surface area (Å²) in [6, 6.07) is 18.5. The number of benzene rings is 3. The summed E-state index contributed by atoms with van der Waals surface area (Å²) in [5.74, 6) is 0. The number of hydrogen-bond donors (Lipinski definition) is 0. The Balaban J connectivity index is 2.25. The van der Waals surface area contributed by atoms with Gasteiger partial charge in [0.1, 0.15) is 6.61 Å². The molecule has 0 heterocycles. The van der Waals surface area contributed by atoms with Crippen LogP contribution in [0.1, 0.15) is 5.56 Å². The van der Waals surface area contributed by atoms with Crippen LogP contribution in [-0.4, -0.2) is 6.47 Å². The average molecular weight is 235 g/mol. The Labute approximate surface area is 105 Å². The van der Waals surface area contributed by atoms with Crippen LogP contribution in [0.25, 0.3) is 21.5 Å². The Morgan fingerprint density at radius 2 is 1.61 bits per heavy atom. The normalized spacial score (nSPS) is 10.7.